The van der Waals surface area contributed by atoms with Crippen molar-refractivity contribution in [3.05, 3.63) is 29.8 Å². The first-order valence-electron chi connectivity index (χ1n) is 3.57. The summed E-state index contributed by atoms with van der Waals surface area (Å²) in [7, 11) is 4.11. The van der Waals surface area contributed by atoms with Crippen molar-refractivity contribution in [3.8, 4) is 0 Å². The summed E-state index contributed by atoms with van der Waals surface area (Å²) < 4.78 is 0. The summed E-state index contributed by atoms with van der Waals surface area (Å²) in [6.07, 6.45) is 0. The lowest BCUT2D eigenvalue weighted by Crippen LogP contribution is -2.10. The van der Waals surface area contributed by atoms with Gasteiger partial charge < -0.3 is 4.90 Å². The van der Waals surface area contributed by atoms with Gasteiger partial charge >= 0.3 is 23.1 Å². The van der Waals surface area contributed by atoms with Crippen LogP contribution in [0, 0.1) is 0 Å². The quantitative estimate of drug-likeness (QED) is 0.562. The largest absolute Gasteiger partial charge is 0.377 e. The van der Waals surface area contributed by atoms with E-state index in [0.29, 0.717) is 0 Å². The maximum Gasteiger partial charge on any atom is 0.316 e. The molecule has 0 bridgehead atoms. The Morgan fingerprint density at radius 2 is 1.83 bits per heavy atom. The highest BCUT2D eigenvalue weighted by Crippen LogP contribution is 2.19. The van der Waals surface area contributed by atoms with Crippen LogP contribution >= 0.6 is 15.9 Å². The van der Waals surface area contributed by atoms with Crippen molar-refractivity contribution in [2.45, 2.75) is 5.33 Å². The first-order chi connectivity index (χ1) is 5.25. The Morgan fingerprint density at radius 3 is 2.25 bits per heavy atom. The van der Waals surface area contributed by atoms with Crippen LogP contribution in [-0.4, -0.2) is 37.1 Å². The van der Waals surface area contributed by atoms with Crippen LogP contribution in [0.1, 0.15) is 5.56 Å². The molecule has 0 aliphatic carbocycles. The second-order valence-corrected chi connectivity index (χ2v) is 3.22. The van der Waals surface area contributed by atoms with Crippen molar-refractivity contribution in [2.75, 3.05) is 19.0 Å². The number of benzene rings is 1. The maximum absolute atomic E-state index is 3.45. The Bertz CT molecular complexity index is 238. The van der Waals surface area contributed by atoms with Crippen LogP contribution in [0.25, 0.3) is 0 Å². The molecule has 0 aliphatic rings. The van der Waals surface area contributed by atoms with Crippen LogP contribution < -0.4 is 4.90 Å². The lowest BCUT2D eigenvalue weighted by molar-refractivity contribution is 1.11. The minimum atomic E-state index is 0. The zero-order valence-electron chi connectivity index (χ0n) is 6.84. The summed E-state index contributed by atoms with van der Waals surface area (Å²) in [4.78, 5) is 2.12. The van der Waals surface area contributed by atoms with Gasteiger partial charge in [0.05, 0.1) is 0 Å². The van der Waals surface area contributed by atoms with Gasteiger partial charge in [0.25, 0.3) is 0 Å². The highest BCUT2D eigenvalue weighted by Gasteiger charge is 1.99. The number of anilines is 1. The molecule has 0 heterocycles. The van der Waals surface area contributed by atoms with E-state index in [9.17, 15) is 0 Å². The smallest absolute Gasteiger partial charge is 0.316 e. The van der Waals surface area contributed by atoms with Gasteiger partial charge in [0.1, 0.15) is 0 Å². The van der Waals surface area contributed by atoms with Crippen LogP contribution in [0.2, 0.25) is 0 Å². The third kappa shape index (κ3) is 2.96. The standard InChI is InChI=1S/C9H12BrN.Mg.2H/c1-11(2)9-6-4-3-5-8(9)7-10;;;/h3-6H,7H2,1-2H3;;;. The summed E-state index contributed by atoms with van der Waals surface area (Å²) in [6, 6.07) is 8.37. The molecular weight excluding hydrogens is 226 g/mol. The normalized spacial score (nSPS) is 8.92. The van der Waals surface area contributed by atoms with Crippen molar-refractivity contribution in [1.29, 1.82) is 0 Å². The first kappa shape index (κ1) is 12.3. The fraction of sp³-hybridized carbons (Fsp3) is 0.333. The number of nitrogens with zero attached hydrogens (tertiary/aromatic N) is 1. The second-order valence-electron chi connectivity index (χ2n) is 2.66. The third-order valence-electron chi connectivity index (χ3n) is 1.62. The van der Waals surface area contributed by atoms with E-state index in [1.54, 1.807) is 0 Å². The molecule has 0 radical (unpaired) electrons. The van der Waals surface area contributed by atoms with E-state index < -0.39 is 0 Å². The van der Waals surface area contributed by atoms with E-state index in [1.165, 1.54) is 11.3 Å². The van der Waals surface area contributed by atoms with Crippen molar-refractivity contribution in [3.63, 3.8) is 0 Å². The molecule has 1 rings (SSSR count). The van der Waals surface area contributed by atoms with Crippen molar-refractivity contribution in [2.24, 2.45) is 0 Å². The number of hydrogen-bond donors (Lipinski definition) is 0. The van der Waals surface area contributed by atoms with Crippen molar-refractivity contribution < 1.29 is 0 Å². The summed E-state index contributed by atoms with van der Waals surface area (Å²) >= 11 is 3.45. The molecule has 3 heteroatoms. The summed E-state index contributed by atoms with van der Waals surface area (Å²) in [5.74, 6) is 0. The van der Waals surface area contributed by atoms with Gasteiger partial charge in [0.2, 0.25) is 0 Å². The number of rotatable bonds is 2. The predicted molar refractivity (Wildman–Crippen MR) is 61.9 cm³/mol. The molecule has 0 fully saturated rings. The molecule has 1 aromatic rings. The molecule has 1 nitrogen and oxygen atoms in total. The fourth-order valence-corrected chi connectivity index (χ4v) is 1.53. The average Bonchev–Trinajstić information content (AvgIpc) is 2.04. The van der Waals surface area contributed by atoms with E-state index in [-0.39, 0.29) is 23.1 Å². The average molecular weight is 240 g/mol. The third-order valence-corrected chi connectivity index (χ3v) is 2.22. The summed E-state index contributed by atoms with van der Waals surface area (Å²) in [5.41, 5.74) is 2.61. The molecule has 0 N–H and O–H groups in total. The van der Waals surface area contributed by atoms with Crippen LogP contribution in [-0.2, 0) is 5.33 Å². The molecule has 0 atom stereocenters. The van der Waals surface area contributed by atoms with Crippen LogP contribution in [0.4, 0.5) is 5.69 Å². The molecule has 0 amide bonds. The van der Waals surface area contributed by atoms with Gasteiger partial charge in [-0.2, -0.15) is 0 Å². The van der Waals surface area contributed by atoms with E-state index in [0.717, 1.165) is 5.33 Å². The van der Waals surface area contributed by atoms with Crippen molar-refractivity contribution >= 4 is 44.7 Å². The molecule has 0 aromatic heterocycles. The Kier molecular flexibility index (Phi) is 5.96. The van der Waals surface area contributed by atoms with Gasteiger partial charge in [-0.25, -0.2) is 0 Å². The van der Waals surface area contributed by atoms with Gasteiger partial charge in [-0.1, -0.05) is 34.1 Å². The zero-order chi connectivity index (χ0) is 8.27. The highest BCUT2D eigenvalue weighted by atomic mass is 79.9. The minimum Gasteiger partial charge on any atom is -0.377 e. The van der Waals surface area contributed by atoms with Gasteiger partial charge in [0, 0.05) is 25.1 Å². The molecular formula is C9H14BrMgN. The second kappa shape index (κ2) is 5.83. The number of halogens is 1. The number of alkyl halides is 1. The fourth-order valence-electron chi connectivity index (χ4n) is 1.06. The van der Waals surface area contributed by atoms with Gasteiger partial charge in [-0.3, -0.25) is 0 Å². The molecule has 0 unspecified atom stereocenters. The summed E-state index contributed by atoms with van der Waals surface area (Å²) in [6.45, 7) is 0. The molecule has 0 spiro atoms. The van der Waals surface area contributed by atoms with E-state index in [1.807, 2.05) is 0 Å². The van der Waals surface area contributed by atoms with Crippen LogP contribution in [0.3, 0.4) is 0 Å². The number of para-hydroxylation sites is 1. The Balaban J connectivity index is 0.00000121. The van der Waals surface area contributed by atoms with Crippen LogP contribution in [0.15, 0.2) is 24.3 Å². The molecule has 0 saturated carbocycles. The lowest BCUT2D eigenvalue weighted by atomic mass is 10.2. The molecule has 0 saturated heterocycles. The molecule has 0 aliphatic heterocycles. The Labute approximate surface area is 98.4 Å². The van der Waals surface area contributed by atoms with E-state index >= 15 is 0 Å². The Hall–Kier alpha value is 0.266. The van der Waals surface area contributed by atoms with Crippen molar-refractivity contribution in [1.82, 2.24) is 0 Å². The topological polar surface area (TPSA) is 3.24 Å². The monoisotopic (exact) mass is 239 g/mol. The first-order valence-corrected chi connectivity index (χ1v) is 4.69. The van der Waals surface area contributed by atoms with Gasteiger partial charge in [-0.05, 0) is 11.6 Å². The molecule has 64 valence electrons. The summed E-state index contributed by atoms with van der Waals surface area (Å²) in [5, 5.41) is 0.918. The maximum atomic E-state index is 3.45. The Morgan fingerprint density at radius 1 is 1.25 bits per heavy atom. The zero-order valence-corrected chi connectivity index (χ0v) is 8.43. The van der Waals surface area contributed by atoms with Gasteiger partial charge in [0.15, 0.2) is 0 Å². The number of hydrogen-bond acceptors (Lipinski definition) is 1. The lowest BCUT2D eigenvalue weighted by Gasteiger charge is -2.15. The SMILES string of the molecule is CN(C)c1ccccc1CBr.[MgH2]. The van der Waals surface area contributed by atoms with Gasteiger partial charge in [-0.15, -0.1) is 0 Å². The predicted octanol–water partition coefficient (Wildman–Crippen LogP) is 1.73. The molecule has 12 heavy (non-hydrogen) atoms. The van der Waals surface area contributed by atoms with E-state index in [4.69, 9.17) is 0 Å². The highest BCUT2D eigenvalue weighted by molar-refractivity contribution is 9.08. The minimum absolute atomic E-state index is 0. The molecule has 1 aromatic carbocycles. The van der Waals surface area contributed by atoms with E-state index in [2.05, 4.69) is 59.2 Å². The van der Waals surface area contributed by atoms with Crippen LogP contribution in [0.5, 0.6) is 0 Å².